The molecule has 1 unspecified atom stereocenters. The van der Waals surface area contributed by atoms with Gasteiger partial charge in [0.25, 0.3) is 0 Å². The average molecular weight is 336 g/mol. The van der Waals surface area contributed by atoms with E-state index in [0.29, 0.717) is 18.5 Å². The first kappa shape index (κ1) is 20.1. The van der Waals surface area contributed by atoms with Gasteiger partial charge < -0.3 is 20.5 Å². The minimum atomic E-state index is 0.395. The lowest BCUT2D eigenvalue weighted by atomic mass is 10.1. The second-order valence-electron chi connectivity index (χ2n) is 5.66. The zero-order valence-corrected chi connectivity index (χ0v) is 15.6. The molecule has 0 aliphatic carbocycles. The van der Waals surface area contributed by atoms with Crippen molar-refractivity contribution in [1.29, 1.82) is 0 Å². The van der Waals surface area contributed by atoms with Gasteiger partial charge in [0.05, 0.1) is 20.8 Å². The molecule has 0 bridgehead atoms. The van der Waals surface area contributed by atoms with Crippen molar-refractivity contribution in [2.45, 2.75) is 33.2 Å². The van der Waals surface area contributed by atoms with Gasteiger partial charge in [-0.3, -0.25) is 9.89 Å². The summed E-state index contributed by atoms with van der Waals surface area (Å²) in [6, 6.07) is 6.32. The molecule has 1 aromatic carbocycles. The monoisotopic (exact) mass is 336 g/mol. The van der Waals surface area contributed by atoms with Gasteiger partial charge in [0.1, 0.15) is 0 Å². The van der Waals surface area contributed by atoms with Crippen molar-refractivity contribution in [2.75, 3.05) is 40.4 Å². The maximum absolute atomic E-state index is 5.95. The molecule has 24 heavy (non-hydrogen) atoms. The Balaban J connectivity index is 2.45. The molecule has 6 heteroatoms. The highest BCUT2D eigenvalue weighted by Crippen LogP contribution is 2.27. The molecule has 6 nitrogen and oxygen atoms in total. The van der Waals surface area contributed by atoms with E-state index >= 15 is 0 Å². The summed E-state index contributed by atoms with van der Waals surface area (Å²) in [6.45, 7) is 9.98. The van der Waals surface area contributed by atoms with Crippen LogP contribution in [0.25, 0.3) is 0 Å². The average Bonchev–Trinajstić information content (AvgIpc) is 2.60. The third-order valence-electron chi connectivity index (χ3n) is 4.13. The third-order valence-corrected chi connectivity index (χ3v) is 4.13. The van der Waals surface area contributed by atoms with E-state index in [2.05, 4.69) is 36.0 Å². The van der Waals surface area contributed by atoms with Crippen molar-refractivity contribution in [1.82, 2.24) is 10.2 Å². The van der Waals surface area contributed by atoms with Crippen LogP contribution in [0.1, 0.15) is 26.3 Å². The molecule has 0 aliphatic heterocycles. The molecular formula is C18H32N4O2. The number of aliphatic imine (C=N–C) groups is 1. The number of hydrogen-bond acceptors (Lipinski definition) is 4. The summed E-state index contributed by atoms with van der Waals surface area (Å²) < 4.78 is 10.6. The van der Waals surface area contributed by atoms with Crippen LogP contribution < -0.4 is 20.5 Å². The zero-order chi connectivity index (χ0) is 17.9. The molecular weight excluding hydrogens is 304 g/mol. The second-order valence-corrected chi connectivity index (χ2v) is 5.66. The smallest absolute Gasteiger partial charge is 0.188 e. The standard InChI is InChI=1S/C18H32N4O2/c1-6-22(7-2)14(3)13-21-18(19)20-11-10-15-8-9-16(23-4)17(12-15)24-5/h8-9,12,14H,6-7,10-11,13H2,1-5H3,(H3,19,20,21). The number of nitrogens with zero attached hydrogens (tertiary/aromatic N) is 2. The number of nitrogens with one attached hydrogen (secondary N) is 1. The van der Waals surface area contributed by atoms with Crippen LogP contribution in [0, 0.1) is 0 Å². The van der Waals surface area contributed by atoms with Crippen LogP contribution >= 0.6 is 0 Å². The lowest BCUT2D eigenvalue weighted by Crippen LogP contribution is -2.38. The van der Waals surface area contributed by atoms with Crippen molar-refractivity contribution in [3.8, 4) is 11.5 Å². The molecule has 0 heterocycles. The molecule has 3 N–H and O–H groups in total. The largest absolute Gasteiger partial charge is 0.493 e. The molecule has 0 aromatic heterocycles. The van der Waals surface area contributed by atoms with Gasteiger partial charge in [0, 0.05) is 12.6 Å². The van der Waals surface area contributed by atoms with Crippen molar-refractivity contribution in [3.63, 3.8) is 0 Å². The molecule has 0 spiro atoms. The Morgan fingerprint density at radius 2 is 1.88 bits per heavy atom. The van der Waals surface area contributed by atoms with Crippen molar-refractivity contribution in [3.05, 3.63) is 23.8 Å². The van der Waals surface area contributed by atoms with E-state index in [-0.39, 0.29) is 0 Å². The van der Waals surface area contributed by atoms with Crippen LogP contribution in [0.3, 0.4) is 0 Å². The van der Waals surface area contributed by atoms with Crippen LogP contribution in [0.2, 0.25) is 0 Å². The third kappa shape index (κ3) is 6.28. The summed E-state index contributed by atoms with van der Waals surface area (Å²) in [6.07, 6.45) is 0.835. The van der Waals surface area contributed by atoms with E-state index in [1.165, 1.54) is 0 Å². The predicted octanol–water partition coefficient (Wildman–Crippen LogP) is 1.88. The van der Waals surface area contributed by atoms with E-state index < -0.39 is 0 Å². The quantitative estimate of drug-likeness (QED) is 0.504. The van der Waals surface area contributed by atoms with Crippen molar-refractivity contribution < 1.29 is 9.47 Å². The van der Waals surface area contributed by atoms with Crippen LogP contribution in [0.4, 0.5) is 0 Å². The summed E-state index contributed by atoms with van der Waals surface area (Å²) in [5.41, 5.74) is 7.10. The number of likely N-dealkylation sites (N-methyl/N-ethyl adjacent to an activating group) is 1. The van der Waals surface area contributed by atoms with Crippen LogP contribution in [0.15, 0.2) is 23.2 Å². The molecule has 0 amide bonds. The zero-order valence-electron chi connectivity index (χ0n) is 15.6. The van der Waals surface area contributed by atoms with Crippen LogP contribution in [-0.4, -0.2) is 57.3 Å². The number of rotatable bonds is 10. The Kier molecular flexibility index (Phi) is 9.01. The highest BCUT2D eigenvalue weighted by atomic mass is 16.5. The van der Waals surface area contributed by atoms with Crippen LogP contribution in [-0.2, 0) is 6.42 Å². The molecule has 0 aliphatic rings. The summed E-state index contributed by atoms with van der Waals surface area (Å²) in [7, 11) is 3.27. The first-order chi connectivity index (χ1) is 11.5. The van der Waals surface area contributed by atoms with Gasteiger partial charge in [-0.05, 0) is 44.1 Å². The Morgan fingerprint density at radius 1 is 1.21 bits per heavy atom. The number of nitrogens with two attached hydrogens (primary N) is 1. The fraction of sp³-hybridized carbons (Fsp3) is 0.611. The maximum Gasteiger partial charge on any atom is 0.188 e. The normalized spacial score (nSPS) is 13.0. The fourth-order valence-electron chi connectivity index (χ4n) is 2.62. The lowest BCUT2D eigenvalue weighted by molar-refractivity contribution is 0.237. The Labute approximate surface area is 146 Å². The second kappa shape index (κ2) is 10.8. The number of benzene rings is 1. The predicted molar refractivity (Wildman–Crippen MR) is 100 cm³/mol. The summed E-state index contributed by atoms with van der Waals surface area (Å²) in [5.74, 6) is 1.97. The van der Waals surface area contributed by atoms with Crippen molar-refractivity contribution >= 4 is 5.96 Å². The SMILES string of the molecule is CCN(CC)C(C)CN=C(N)NCCc1ccc(OC)c(OC)c1. The van der Waals surface area contributed by atoms with Gasteiger partial charge in [-0.2, -0.15) is 0 Å². The first-order valence-electron chi connectivity index (χ1n) is 8.54. The number of ether oxygens (including phenoxy) is 2. The first-order valence-corrected chi connectivity index (χ1v) is 8.54. The molecule has 136 valence electrons. The lowest BCUT2D eigenvalue weighted by Gasteiger charge is -2.24. The molecule has 0 saturated carbocycles. The summed E-state index contributed by atoms with van der Waals surface area (Å²) >= 11 is 0. The number of hydrogen-bond donors (Lipinski definition) is 2. The molecule has 1 atom stereocenters. The van der Waals surface area contributed by atoms with E-state index in [1.807, 2.05) is 18.2 Å². The highest BCUT2D eigenvalue weighted by Gasteiger charge is 2.09. The van der Waals surface area contributed by atoms with Gasteiger partial charge in [-0.1, -0.05) is 19.9 Å². The molecule has 0 saturated heterocycles. The van der Waals surface area contributed by atoms with Gasteiger partial charge >= 0.3 is 0 Å². The van der Waals surface area contributed by atoms with Gasteiger partial charge in [0.2, 0.25) is 0 Å². The molecule has 0 radical (unpaired) electrons. The highest BCUT2D eigenvalue weighted by molar-refractivity contribution is 5.77. The number of guanidine groups is 1. The molecule has 0 fully saturated rings. The minimum Gasteiger partial charge on any atom is -0.493 e. The topological polar surface area (TPSA) is 72.1 Å². The Morgan fingerprint density at radius 3 is 2.46 bits per heavy atom. The Bertz CT molecular complexity index is 516. The van der Waals surface area contributed by atoms with Gasteiger partial charge in [0.15, 0.2) is 17.5 Å². The van der Waals surface area contributed by atoms with E-state index in [1.54, 1.807) is 14.2 Å². The van der Waals surface area contributed by atoms with E-state index in [0.717, 1.165) is 43.1 Å². The maximum atomic E-state index is 5.95. The fourth-order valence-corrected chi connectivity index (χ4v) is 2.62. The van der Waals surface area contributed by atoms with Gasteiger partial charge in [-0.15, -0.1) is 0 Å². The van der Waals surface area contributed by atoms with E-state index in [9.17, 15) is 0 Å². The minimum absolute atomic E-state index is 0.395. The number of methoxy groups -OCH3 is 2. The van der Waals surface area contributed by atoms with Crippen LogP contribution in [0.5, 0.6) is 11.5 Å². The molecule has 1 rings (SSSR count). The molecule has 1 aromatic rings. The Hall–Kier alpha value is -1.95. The van der Waals surface area contributed by atoms with Gasteiger partial charge in [-0.25, -0.2) is 0 Å². The van der Waals surface area contributed by atoms with Crippen molar-refractivity contribution in [2.24, 2.45) is 10.7 Å². The van der Waals surface area contributed by atoms with E-state index in [4.69, 9.17) is 15.2 Å². The summed E-state index contributed by atoms with van der Waals surface area (Å²) in [5, 5.41) is 3.16. The summed E-state index contributed by atoms with van der Waals surface area (Å²) in [4.78, 5) is 6.79.